The number of hydrogen-bond donors (Lipinski definition) is 4. The molecular weight excluding hydrogens is 188 g/mol. The van der Waals surface area contributed by atoms with Crippen LogP contribution in [0, 0.1) is 0 Å². The van der Waals surface area contributed by atoms with E-state index in [4.69, 9.17) is 11.7 Å². The SMILES string of the molecule is NNC(=O)c1ccc(C(=O)NN)nn1. The third-order valence-electron chi connectivity index (χ3n) is 1.39. The van der Waals surface area contributed by atoms with Gasteiger partial charge in [-0.15, -0.1) is 10.2 Å². The molecule has 0 aromatic carbocycles. The van der Waals surface area contributed by atoms with E-state index in [1.807, 2.05) is 10.9 Å². The van der Waals surface area contributed by atoms with E-state index in [1.165, 1.54) is 12.1 Å². The monoisotopic (exact) mass is 196 g/mol. The third-order valence-corrected chi connectivity index (χ3v) is 1.39. The molecule has 1 aromatic rings. The van der Waals surface area contributed by atoms with Crippen molar-refractivity contribution in [2.24, 2.45) is 11.7 Å². The largest absolute Gasteiger partial charge is 0.289 e. The fourth-order valence-corrected chi connectivity index (χ4v) is 0.722. The van der Waals surface area contributed by atoms with Gasteiger partial charge < -0.3 is 0 Å². The van der Waals surface area contributed by atoms with Gasteiger partial charge in [-0.25, -0.2) is 11.7 Å². The van der Waals surface area contributed by atoms with Crippen molar-refractivity contribution in [3.8, 4) is 0 Å². The number of carbonyl (C=O) groups is 2. The van der Waals surface area contributed by atoms with Crippen LogP contribution in [0.3, 0.4) is 0 Å². The highest BCUT2D eigenvalue weighted by molar-refractivity contribution is 5.94. The van der Waals surface area contributed by atoms with Crippen molar-refractivity contribution in [3.63, 3.8) is 0 Å². The Hall–Kier alpha value is -2.06. The van der Waals surface area contributed by atoms with Crippen LogP contribution < -0.4 is 22.5 Å². The van der Waals surface area contributed by atoms with E-state index in [1.54, 1.807) is 0 Å². The van der Waals surface area contributed by atoms with Gasteiger partial charge in [0.25, 0.3) is 11.8 Å². The van der Waals surface area contributed by atoms with E-state index < -0.39 is 11.8 Å². The van der Waals surface area contributed by atoms with Crippen LogP contribution >= 0.6 is 0 Å². The molecule has 1 aromatic heterocycles. The Morgan fingerprint density at radius 2 is 1.36 bits per heavy atom. The van der Waals surface area contributed by atoms with Gasteiger partial charge in [0.2, 0.25) is 0 Å². The van der Waals surface area contributed by atoms with Crippen molar-refractivity contribution in [2.45, 2.75) is 0 Å². The summed E-state index contributed by atoms with van der Waals surface area (Å²) < 4.78 is 0. The lowest BCUT2D eigenvalue weighted by Gasteiger charge is -1.99. The minimum absolute atomic E-state index is 0.0149. The summed E-state index contributed by atoms with van der Waals surface area (Å²) in [6, 6.07) is 2.61. The minimum Gasteiger partial charge on any atom is -0.289 e. The average molecular weight is 196 g/mol. The van der Waals surface area contributed by atoms with Crippen molar-refractivity contribution >= 4 is 11.8 Å². The Labute approximate surface area is 78.6 Å². The Kier molecular flexibility index (Phi) is 3.05. The number of aromatic nitrogens is 2. The van der Waals surface area contributed by atoms with Gasteiger partial charge in [-0.1, -0.05) is 0 Å². The lowest BCUT2D eigenvalue weighted by molar-refractivity contribution is 0.0932. The quantitative estimate of drug-likeness (QED) is 0.238. The molecule has 0 radical (unpaired) electrons. The molecule has 8 nitrogen and oxygen atoms in total. The first-order chi connectivity index (χ1) is 6.69. The molecule has 0 atom stereocenters. The second kappa shape index (κ2) is 4.25. The van der Waals surface area contributed by atoms with Crippen LogP contribution in [0.4, 0.5) is 0 Å². The first-order valence-electron chi connectivity index (χ1n) is 3.54. The number of nitrogens with two attached hydrogens (primary N) is 2. The zero-order valence-corrected chi connectivity index (χ0v) is 7.02. The summed E-state index contributed by atoms with van der Waals surface area (Å²) in [5.41, 5.74) is 3.78. The first-order valence-corrected chi connectivity index (χ1v) is 3.54. The maximum atomic E-state index is 10.9. The maximum absolute atomic E-state index is 10.9. The summed E-state index contributed by atoms with van der Waals surface area (Å²) in [5.74, 6) is 8.55. The second-order valence-corrected chi connectivity index (χ2v) is 2.25. The number of hydrogen-bond acceptors (Lipinski definition) is 6. The molecule has 1 rings (SSSR count). The van der Waals surface area contributed by atoms with Crippen LogP contribution in [0.5, 0.6) is 0 Å². The van der Waals surface area contributed by atoms with E-state index in [0.717, 1.165) is 0 Å². The lowest BCUT2D eigenvalue weighted by atomic mass is 10.3. The van der Waals surface area contributed by atoms with Gasteiger partial charge in [0.1, 0.15) is 0 Å². The van der Waals surface area contributed by atoms with Crippen LogP contribution in [0.15, 0.2) is 12.1 Å². The number of nitrogens with one attached hydrogen (secondary N) is 2. The Bertz CT molecular complexity index is 313. The van der Waals surface area contributed by atoms with E-state index in [0.29, 0.717) is 0 Å². The van der Waals surface area contributed by atoms with Gasteiger partial charge >= 0.3 is 0 Å². The molecule has 0 saturated carbocycles. The minimum atomic E-state index is -0.586. The molecule has 6 N–H and O–H groups in total. The van der Waals surface area contributed by atoms with Crippen molar-refractivity contribution in [2.75, 3.05) is 0 Å². The van der Waals surface area contributed by atoms with Crippen LogP contribution in [-0.4, -0.2) is 22.0 Å². The Balaban J connectivity index is 2.89. The molecule has 74 valence electrons. The van der Waals surface area contributed by atoms with Crippen LogP contribution in [0.25, 0.3) is 0 Å². The van der Waals surface area contributed by atoms with Gasteiger partial charge in [-0.05, 0) is 12.1 Å². The average Bonchev–Trinajstić information content (AvgIpc) is 2.27. The molecule has 0 aliphatic heterocycles. The number of amides is 2. The summed E-state index contributed by atoms with van der Waals surface area (Å²) in [6.07, 6.45) is 0. The lowest BCUT2D eigenvalue weighted by Crippen LogP contribution is -2.32. The summed E-state index contributed by atoms with van der Waals surface area (Å²) in [7, 11) is 0. The smallest absolute Gasteiger partial charge is 0.285 e. The molecule has 0 unspecified atom stereocenters. The Morgan fingerprint density at radius 3 is 1.57 bits per heavy atom. The fourth-order valence-electron chi connectivity index (χ4n) is 0.722. The van der Waals surface area contributed by atoms with Crippen molar-refractivity contribution in [3.05, 3.63) is 23.5 Å². The van der Waals surface area contributed by atoms with Crippen LogP contribution in [-0.2, 0) is 0 Å². The third kappa shape index (κ3) is 2.00. The first kappa shape index (κ1) is 10.0. The molecule has 0 aliphatic rings. The molecular formula is C6H8N6O2. The van der Waals surface area contributed by atoms with Gasteiger partial charge in [-0.3, -0.25) is 20.4 Å². The highest BCUT2D eigenvalue weighted by atomic mass is 16.2. The normalized spacial score (nSPS) is 9.29. The molecule has 0 fully saturated rings. The van der Waals surface area contributed by atoms with E-state index in [-0.39, 0.29) is 11.4 Å². The van der Waals surface area contributed by atoms with Crippen molar-refractivity contribution in [1.29, 1.82) is 0 Å². The van der Waals surface area contributed by atoms with Gasteiger partial charge in [-0.2, -0.15) is 0 Å². The number of nitrogens with zero attached hydrogens (tertiary/aromatic N) is 2. The Morgan fingerprint density at radius 1 is 1.00 bits per heavy atom. The highest BCUT2D eigenvalue weighted by Gasteiger charge is 2.09. The topological polar surface area (TPSA) is 136 Å². The molecule has 0 saturated heterocycles. The zero-order chi connectivity index (χ0) is 10.6. The second-order valence-electron chi connectivity index (χ2n) is 2.25. The van der Waals surface area contributed by atoms with Gasteiger partial charge in [0, 0.05) is 0 Å². The molecule has 0 aliphatic carbocycles. The maximum Gasteiger partial charge on any atom is 0.285 e. The zero-order valence-electron chi connectivity index (χ0n) is 7.02. The summed E-state index contributed by atoms with van der Waals surface area (Å²) in [6.45, 7) is 0. The van der Waals surface area contributed by atoms with Crippen molar-refractivity contribution < 1.29 is 9.59 Å². The summed E-state index contributed by atoms with van der Waals surface area (Å²) in [4.78, 5) is 21.8. The molecule has 1 heterocycles. The van der Waals surface area contributed by atoms with Gasteiger partial charge in [0.15, 0.2) is 11.4 Å². The van der Waals surface area contributed by atoms with E-state index in [2.05, 4.69) is 10.2 Å². The number of nitrogen functional groups attached to an aromatic ring is 2. The molecule has 0 spiro atoms. The predicted octanol–water partition coefficient (Wildman–Crippen LogP) is -2.32. The van der Waals surface area contributed by atoms with Gasteiger partial charge in [0.05, 0.1) is 0 Å². The van der Waals surface area contributed by atoms with E-state index in [9.17, 15) is 9.59 Å². The number of carbonyl (C=O) groups excluding carboxylic acids is 2. The number of rotatable bonds is 2. The standard InChI is InChI=1S/C6H8N6O2/c7-9-5(13)3-1-2-4(12-11-3)6(14)10-8/h1-2H,7-8H2,(H,9,13)(H,10,14). The number of hydrazine groups is 2. The molecule has 0 bridgehead atoms. The van der Waals surface area contributed by atoms with Crippen LogP contribution in [0.2, 0.25) is 0 Å². The molecule has 14 heavy (non-hydrogen) atoms. The summed E-state index contributed by atoms with van der Waals surface area (Å²) in [5, 5.41) is 6.92. The fraction of sp³-hybridized carbons (Fsp3) is 0. The van der Waals surface area contributed by atoms with Crippen molar-refractivity contribution in [1.82, 2.24) is 21.0 Å². The van der Waals surface area contributed by atoms with Crippen LogP contribution in [0.1, 0.15) is 21.0 Å². The summed E-state index contributed by atoms with van der Waals surface area (Å²) >= 11 is 0. The van der Waals surface area contributed by atoms with E-state index >= 15 is 0 Å². The molecule has 2 amide bonds. The molecule has 8 heteroatoms. The predicted molar refractivity (Wildman–Crippen MR) is 45.3 cm³/mol. The highest BCUT2D eigenvalue weighted by Crippen LogP contribution is 1.95.